The molecular weight excluding hydrogens is 288 g/mol. The Bertz CT molecular complexity index is 664. The number of hydrogen-bond donors (Lipinski definition) is 2. The first-order valence-corrected chi connectivity index (χ1v) is 8.09. The van der Waals surface area contributed by atoms with Crippen LogP contribution < -0.4 is 0 Å². The Morgan fingerprint density at radius 1 is 1.43 bits per heavy atom. The lowest BCUT2D eigenvalue weighted by atomic mass is 10.1. The molecule has 5 nitrogen and oxygen atoms in total. The fraction of sp³-hybridized carbons (Fsp3) is 0.467. The molecule has 1 atom stereocenters. The van der Waals surface area contributed by atoms with Gasteiger partial charge in [0.25, 0.3) is 5.69 Å². The molecule has 0 aliphatic rings. The number of nitrogens with one attached hydrogen (secondary N) is 1. The number of rotatable bonds is 6. The van der Waals surface area contributed by atoms with Crippen LogP contribution in [0.3, 0.4) is 0 Å². The number of hydrogen-bond acceptors (Lipinski definition) is 4. The molecule has 114 valence electrons. The molecule has 21 heavy (non-hydrogen) atoms. The third-order valence-corrected chi connectivity index (χ3v) is 4.91. The summed E-state index contributed by atoms with van der Waals surface area (Å²) in [7, 11) is 0. The second-order valence-corrected chi connectivity index (χ2v) is 6.60. The summed E-state index contributed by atoms with van der Waals surface area (Å²) in [6, 6.07) is 5.11. The SMILES string of the molecule is CCCSCC(C)(O)c1cc2cc([N+](=O)[O-])c(C)cc2[nH]1. The number of aromatic amines is 1. The standard InChI is InChI=1S/C15H20N2O3S/c1-4-5-21-9-15(3,18)14-8-11-7-13(17(19)20)10(2)6-12(11)16-14/h6-8,16,18H,4-5,9H2,1-3H3. The van der Waals surface area contributed by atoms with Crippen molar-refractivity contribution in [3.63, 3.8) is 0 Å². The average Bonchev–Trinajstić information content (AvgIpc) is 2.81. The van der Waals surface area contributed by atoms with Gasteiger partial charge in [0.05, 0.1) is 4.92 Å². The lowest BCUT2D eigenvalue weighted by Gasteiger charge is -2.21. The Morgan fingerprint density at radius 3 is 2.76 bits per heavy atom. The number of nitro benzene ring substituents is 1. The Hall–Kier alpha value is -1.53. The van der Waals surface area contributed by atoms with Gasteiger partial charge < -0.3 is 10.1 Å². The number of thioether (sulfide) groups is 1. The predicted octanol–water partition coefficient (Wildman–Crippen LogP) is 3.74. The molecule has 2 aromatic rings. The van der Waals surface area contributed by atoms with E-state index in [1.165, 1.54) is 0 Å². The van der Waals surface area contributed by atoms with Crippen molar-refractivity contribution in [3.8, 4) is 0 Å². The molecule has 0 aliphatic heterocycles. The fourth-order valence-corrected chi connectivity index (χ4v) is 3.24. The molecule has 0 saturated carbocycles. The van der Waals surface area contributed by atoms with Crippen LogP contribution in [0.1, 0.15) is 31.5 Å². The zero-order valence-electron chi connectivity index (χ0n) is 12.5. The molecule has 0 spiro atoms. The van der Waals surface area contributed by atoms with Crippen molar-refractivity contribution in [1.29, 1.82) is 0 Å². The third kappa shape index (κ3) is 3.39. The van der Waals surface area contributed by atoms with Crippen molar-refractivity contribution in [2.75, 3.05) is 11.5 Å². The quantitative estimate of drug-likeness (QED) is 0.484. The number of nitro groups is 1. The van der Waals surface area contributed by atoms with Crippen molar-refractivity contribution < 1.29 is 10.0 Å². The molecule has 1 heterocycles. The Balaban J connectivity index is 2.36. The second kappa shape index (κ2) is 6.07. The Morgan fingerprint density at radius 2 is 2.14 bits per heavy atom. The van der Waals surface area contributed by atoms with Gasteiger partial charge in [0, 0.05) is 34.0 Å². The van der Waals surface area contributed by atoms with E-state index in [9.17, 15) is 15.2 Å². The molecule has 0 amide bonds. The van der Waals surface area contributed by atoms with Gasteiger partial charge in [0.15, 0.2) is 0 Å². The first kappa shape index (κ1) is 15.9. The van der Waals surface area contributed by atoms with Gasteiger partial charge in [-0.2, -0.15) is 11.8 Å². The first-order valence-electron chi connectivity index (χ1n) is 6.93. The summed E-state index contributed by atoms with van der Waals surface area (Å²) in [4.78, 5) is 13.8. The highest BCUT2D eigenvalue weighted by Gasteiger charge is 2.25. The van der Waals surface area contributed by atoms with E-state index >= 15 is 0 Å². The molecule has 0 bridgehead atoms. The minimum atomic E-state index is -0.971. The van der Waals surface area contributed by atoms with Crippen LogP contribution in [0, 0.1) is 17.0 Å². The maximum Gasteiger partial charge on any atom is 0.273 e. The maximum absolute atomic E-state index is 11.0. The van der Waals surface area contributed by atoms with E-state index in [2.05, 4.69) is 11.9 Å². The molecule has 0 aliphatic carbocycles. The lowest BCUT2D eigenvalue weighted by Crippen LogP contribution is -2.24. The van der Waals surface area contributed by atoms with Crippen LogP contribution in [0.4, 0.5) is 5.69 Å². The van der Waals surface area contributed by atoms with Crippen LogP contribution in [-0.2, 0) is 5.60 Å². The van der Waals surface area contributed by atoms with Crippen LogP contribution in [-0.4, -0.2) is 26.5 Å². The van der Waals surface area contributed by atoms with E-state index in [-0.39, 0.29) is 10.6 Å². The number of benzene rings is 1. The van der Waals surface area contributed by atoms with Gasteiger partial charge >= 0.3 is 0 Å². The van der Waals surface area contributed by atoms with Gasteiger partial charge in [-0.1, -0.05) is 6.92 Å². The number of H-pyrrole nitrogens is 1. The number of aromatic nitrogens is 1. The summed E-state index contributed by atoms with van der Waals surface area (Å²) in [5.74, 6) is 1.59. The monoisotopic (exact) mass is 308 g/mol. The minimum absolute atomic E-state index is 0.105. The number of aryl methyl sites for hydroxylation is 1. The predicted molar refractivity (Wildman–Crippen MR) is 86.9 cm³/mol. The Kier molecular flexibility index (Phi) is 4.58. The first-order chi connectivity index (χ1) is 9.85. The van der Waals surface area contributed by atoms with Crippen LogP contribution in [0.5, 0.6) is 0 Å². The second-order valence-electron chi connectivity index (χ2n) is 5.49. The van der Waals surface area contributed by atoms with Crippen molar-refractivity contribution in [2.45, 2.75) is 32.8 Å². The van der Waals surface area contributed by atoms with Crippen molar-refractivity contribution in [2.24, 2.45) is 0 Å². The van der Waals surface area contributed by atoms with E-state index in [1.54, 1.807) is 43.8 Å². The molecule has 1 aromatic heterocycles. The van der Waals surface area contributed by atoms with E-state index < -0.39 is 5.60 Å². The zero-order valence-corrected chi connectivity index (χ0v) is 13.3. The van der Waals surface area contributed by atoms with Crippen molar-refractivity contribution >= 4 is 28.4 Å². The van der Waals surface area contributed by atoms with Gasteiger partial charge in [-0.05, 0) is 38.2 Å². The highest BCUT2D eigenvalue weighted by molar-refractivity contribution is 7.99. The van der Waals surface area contributed by atoms with Crippen LogP contribution in [0.15, 0.2) is 18.2 Å². The summed E-state index contributed by atoms with van der Waals surface area (Å²) < 4.78 is 0. The van der Waals surface area contributed by atoms with Crippen LogP contribution in [0.25, 0.3) is 10.9 Å². The van der Waals surface area contributed by atoms with Crippen LogP contribution >= 0.6 is 11.8 Å². The summed E-state index contributed by atoms with van der Waals surface area (Å²) >= 11 is 1.70. The molecule has 0 fully saturated rings. The summed E-state index contributed by atoms with van der Waals surface area (Å²) in [5.41, 5.74) is 1.26. The molecule has 2 rings (SSSR count). The van der Waals surface area contributed by atoms with Crippen molar-refractivity contribution in [1.82, 2.24) is 4.98 Å². The molecule has 1 unspecified atom stereocenters. The molecular formula is C15H20N2O3S. The number of nitrogens with zero attached hydrogens (tertiary/aromatic N) is 1. The smallest absolute Gasteiger partial charge is 0.273 e. The maximum atomic E-state index is 11.0. The summed E-state index contributed by atoms with van der Waals surface area (Å²) in [6.07, 6.45) is 1.07. The molecule has 1 aromatic carbocycles. The normalized spacial score (nSPS) is 14.3. The number of aliphatic hydroxyl groups is 1. The van der Waals surface area contributed by atoms with Crippen molar-refractivity contribution in [3.05, 3.63) is 39.6 Å². The summed E-state index contributed by atoms with van der Waals surface area (Å²) in [5, 5.41) is 22.3. The van der Waals surface area contributed by atoms with Gasteiger partial charge in [-0.3, -0.25) is 10.1 Å². The zero-order chi connectivity index (χ0) is 15.6. The summed E-state index contributed by atoms with van der Waals surface area (Å²) in [6.45, 7) is 5.58. The van der Waals surface area contributed by atoms with E-state index in [1.807, 2.05) is 0 Å². The van der Waals surface area contributed by atoms with E-state index in [4.69, 9.17) is 0 Å². The number of fused-ring (bicyclic) bond motifs is 1. The van der Waals surface area contributed by atoms with E-state index in [0.717, 1.165) is 23.1 Å². The van der Waals surface area contributed by atoms with Gasteiger partial charge in [-0.25, -0.2) is 0 Å². The molecule has 0 radical (unpaired) electrons. The van der Waals surface area contributed by atoms with Crippen LogP contribution in [0.2, 0.25) is 0 Å². The van der Waals surface area contributed by atoms with Gasteiger partial charge in [0.1, 0.15) is 5.60 Å². The van der Waals surface area contributed by atoms with E-state index in [0.29, 0.717) is 17.0 Å². The van der Waals surface area contributed by atoms with Gasteiger partial charge in [-0.15, -0.1) is 0 Å². The highest BCUT2D eigenvalue weighted by atomic mass is 32.2. The van der Waals surface area contributed by atoms with Gasteiger partial charge in [0.2, 0.25) is 0 Å². The largest absolute Gasteiger partial charge is 0.383 e. The molecule has 0 saturated heterocycles. The Labute approximate surface area is 127 Å². The molecule has 2 N–H and O–H groups in total. The lowest BCUT2D eigenvalue weighted by molar-refractivity contribution is -0.385. The minimum Gasteiger partial charge on any atom is -0.383 e. The highest BCUT2D eigenvalue weighted by Crippen LogP contribution is 2.31. The molecule has 6 heteroatoms. The topological polar surface area (TPSA) is 79.2 Å². The fourth-order valence-electron chi connectivity index (χ4n) is 2.26. The average molecular weight is 308 g/mol. The third-order valence-electron chi connectivity index (χ3n) is 3.45.